The Morgan fingerprint density at radius 1 is 1.25 bits per heavy atom. The van der Waals surface area contributed by atoms with E-state index in [9.17, 15) is 14.4 Å². The number of imide groups is 1. The van der Waals surface area contributed by atoms with Crippen LogP contribution >= 0.6 is 39.3 Å². The van der Waals surface area contributed by atoms with Gasteiger partial charge in [-0.1, -0.05) is 29.8 Å². The van der Waals surface area contributed by atoms with Crippen LogP contribution in [-0.4, -0.2) is 33.7 Å². The number of nitrogens with zero attached hydrogens (tertiary/aromatic N) is 1. The minimum Gasteiger partial charge on any atom is -0.481 e. The molecule has 3 rings (SSSR count). The van der Waals surface area contributed by atoms with Gasteiger partial charge < -0.3 is 9.84 Å². The molecule has 1 N–H and O–H groups in total. The fraction of sp³-hybridized carbons (Fsp3) is 0.105. The van der Waals surface area contributed by atoms with E-state index in [4.69, 9.17) is 21.4 Å². The van der Waals surface area contributed by atoms with Crippen molar-refractivity contribution in [1.82, 2.24) is 4.90 Å². The third-order valence-corrected chi connectivity index (χ3v) is 5.47. The van der Waals surface area contributed by atoms with Crippen LogP contribution in [0.4, 0.5) is 4.79 Å². The summed E-state index contributed by atoms with van der Waals surface area (Å²) in [6.45, 7) is -0.311. The van der Waals surface area contributed by atoms with Crippen LogP contribution in [0.15, 0.2) is 51.8 Å². The first-order chi connectivity index (χ1) is 13.3. The maximum atomic E-state index is 12.6. The van der Waals surface area contributed by atoms with Gasteiger partial charge in [-0.15, -0.1) is 0 Å². The second-order valence-electron chi connectivity index (χ2n) is 5.77. The highest BCUT2D eigenvalue weighted by atomic mass is 79.9. The number of carboxylic acids is 1. The molecule has 6 nitrogen and oxygen atoms in total. The molecule has 1 heterocycles. The first-order valence-corrected chi connectivity index (χ1v) is 9.96. The molecule has 0 spiro atoms. The number of carbonyl (C=O) groups is 3. The monoisotopic (exact) mass is 481 g/mol. The molecule has 28 heavy (non-hydrogen) atoms. The zero-order valence-corrected chi connectivity index (χ0v) is 17.4. The Morgan fingerprint density at radius 2 is 2.04 bits per heavy atom. The number of thioether (sulfide) groups is 1. The molecule has 0 bridgehead atoms. The predicted octanol–water partition coefficient (Wildman–Crippen LogP) is 4.80. The van der Waals surface area contributed by atoms with Crippen molar-refractivity contribution in [1.29, 1.82) is 0 Å². The molecule has 0 atom stereocenters. The standard InChI is InChI=1S/C19H13BrClNO5S/c20-14-7-11(4-5-15(14)27-10-17(23)24)8-16-18(25)22(19(26)28-16)9-12-2-1-3-13(21)6-12/h1-8H,9-10H2,(H,23,24)/b16-8-. The maximum Gasteiger partial charge on any atom is 0.341 e. The Kier molecular flexibility index (Phi) is 6.43. The van der Waals surface area contributed by atoms with Crippen LogP contribution < -0.4 is 4.74 Å². The first-order valence-electron chi connectivity index (χ1n) is 7.97. The zero-order valence-electron chi connectivity index (χ0n) is 14.2. The Labute approximate surface area is 178 Å². The van der Waals surface area contributed by atoms with Crippen molar-refractivity contribution in [3.8, 4) is 5.75 Å². The van der Waals surface area contributed by atoms with Crippen molar-refractivity contribution in [3.05, 3.63) is 68.0 Å². The average molecular weight is 483 g/mol. The molecular formula is C19H13BrClNO5S. The Hall–Kier alpha value is -2.29. The van der Waals surface area contributed by atoms with E-state index in [1.807, 2.05) is 0 Å². The second-order valence-corrected chi connectivity index (χ2v) is 8.05. The number of rotatable bonds is 6. The van der Waals surface area contributed by atoms with Gasteiger partial charge in [0.2, 0.25) is 0 Å². The lowest BCUT2D eigenvalue weighted by Crippen LogP contribution is -2.27. The fourth-order valence-electron chi connectivity index (χ4n) is 2.47. The molecular weight excluding hydrogens is 470 g/mol. The first kappa shape index (κ1) is 20.4. The number of amides is 2. The van der Waals surface area contributed by atoms with Crippen molar-refractivity contribution < 1.29 is 24.2 Å². The highest BCUT2D eigenvalue weighted by Gasteiger charge is 2.35. The highest BCUT2D eigenvalue weighted by molar-refractivity contribution is 9.10. The number of ether oxygens (including phenoxy) is 1. The molecule has 144 valence electrons. The van der Waals surface area contributed by atoms with Crippen molar-refractivity contribution >= 4 is 62.5 Å². The topological polar surface area (TPSA) is 83.9 Å². The van der Waals surface area contributed by atoms with Crippen LogP contribution in [0.2, 0.25) is 5.02 Å². The van der Waals surface area contributed by atoms with E-state index in [2.05, 4.69) is 15.9 Å². The number of benzene rings is 2. The van der Waals surface area contributed by atoms with Crippen LogP contribution in [-0.2, 0) is 16.1 Å². The maximum absolute atomic E-state index is 12.6. The van der Waals surface area contributed by atoms with Gasteiger partial charge in [0, 0.05) is 5.02 Å². The van der Waals surface area contributed by atoms with E-state index >= 15 is 0 Å². The van der Waals surface area contributed by atoms with Crippen LogP contribution in [0.5, 0.6) is 5.75 Å². The van der Waals surface area contributed by atoms with Crippen LogP contribution in [0.3, 0.4) is 0 Å². The van der Waals surface area contributed by atoms with Crippen LogP contribution in [0.1, 0.15) is 11.1 Å². The molecule has 9 heteroatoms. The smallest absolute Gasteiger partial charge is 0.341 e. The third kappa shape index (κ3) is 4.95. The van der Waals surface area contributed by atoms with E-state index in [1.54, 1.807) is 48.5 Å². The molecule has 1 aliphatic heterocycles. The van der Waals surface area contributed by atoms with Gasteiger partial charge in [-0.05, 0) is 69.2 Å². The van der Waals surface area contributed by atoms with E-state index in [0.717, 1.165) is 17.3 Å². The molecule has 0 aromatic heterocycles. The zero-order chi connectivity index (χ0) is 20.3. The summed E-state index contributed by atoms with van der Waals surface area (Å²) in [5.41, 5.74) is 1.43. The van der Waals surface area contributed by atoms with Crippen LogP contribution in [0, 0.1) is 0 Å². The van der Waals surface area contributed by atoms with E-state index in [1.165, 1.54) is 4.90 Å². The Bertz CT molecular complexity index is 994. The molecule has 2 aromatic rings. The predicted molar refractivity (Wildman–Crippen MR) is 110 cm³/mol. The summed E-state index contributed by atoms with van der Waals surface area (Å²) in [5.74, 6) is -1.09. The number of carboxylic acid groups (broad SMARTS) is 1. The van der Waals surface area contributed by atoms with Crippen molar-refractivity contribution in [2.24, 2.45) is 0 Å². The van der Waals surface area contributed by atoms with E-state index in [0.29, 0.717) is 25.7 Å². The SMILES string of the molecule is O=C(O)COc1ccc(/C=C2\SC(=O)N(Cc3cccc(Cl)c3)C2=O)cc1Br. The summed E-state index contributed by atoms with van der Waals surface area (Å²) in [6.07, 6.45) is 1.61. The number of carbonyl (C=O) groups excluding carboxylic acids is 2. The van der Waals surface area contributed by atoms with Gasteiger partial charge in [0.05, 0.1) is 15.9 Å². The van der Waals surface area contributed by atoms with Gasteiger partial charge in [0.15, 0.2) is 6.61 Å². The molecule has 0 saturated carbocycles. The summed E-state index contributed by atoms with van der Waals surface area (Å²) < 4.78 is 5.68. The van der Waals surface area contributed by atoms with Crippen molar-refractivity contribution in [3.63, 3.8) is 0 Å². The third-order valence-electron chi connectivity index (χ3n) is 3.71. The number of hydrogen-bond acceptors (Lipinski definition) is 5. The van der Waals surface area contributed by atoms with Crippen LogP contribution in [0.25, 0.3) is 6.08 Å². The number of halogens is 2. The molecule has 0 aliphatic carbocycles. The normalized spacial score (nSPS) is 15.4. The summed E-state index contributed by atoms with van der Waals surface area (Å²) >= 11 is 10.1. The number of hydrogen-bond donors (Lipinski definition) is 1. The lowest BCUT2D eigenvalue weighted by molar-refractivity contribution is -0.139. The Balaban J connectivity index is 1.76. The van der Waals surface area contributed by atoms with Gasteiger partial charge >= 0.3 is 5.97 Å². The quantitative estimate of drug-likeness (QED) is 0.595. The molecule has 0 radical (unpaired) electrons. The number of aliphatic carboxylic acids is 1. The van der Waals surface area contributed by atoms with Gasteiger partial charge in [-0.2, -0.15) is 0 Å². The largest absolute Gasteiger partial charge is 0.481 e. The molecule has 1 aliphatic rings. The summed E-state index contributed by atoms with van der Waals surface area (Å²) in [4.78, 5) is 36.9. The summed E-state index contributed by atoms with van der Waals surface area (Å²) in [6, 6.07) is 11.9. The van der Waals surface area contributed by atoms with Crippen molar-refractivity contribution in [2.45, 2.75) is 6.54 Å². The Morgan fingerprint density at radius 3 is 2.71 bits per heavy atom. The van der Waals surface area contributed by atoms with E-state index < -0.39 is 12.6 Å². The lowest BCUT2D eigenvalue weighted by atomic mass is 10.2. The van der Waals surface area contributed by atoms with Gasteiger partial charge in [-0.3, -0.25) is 14.5 Å². The lowest BCUT2D eigenvalue weighted by Gasteiger charge is -2.12. The summed E-state index contributed by atoms with van der Waals surface area (Å²) in [7, 11) is 0. The van der Waals surface area contributed by atoms with Crippen molar-refractivity contribution in [2.75, 3.05) is 6.61 Å². The molecule has 0 unspecified atom stereocenters. The van der Waals surface area contributed by atoms with Gasteiger partial charge in [0.25, 0.3) is 11.1 Å². The highest BCUT2D eigenvalue weighted by Crippen LogP contribution is 2.34. The van der Waals surface area contributed by atoms with Gasteiger partial charge in [-0.25, -0.2) is 4.79 Å². The average Bonchev–Trinajstić information content (AvgIpc) is 2.88. The minimum atomic E-state index is -1.08. The molecule has 1 saturated heterocycles. The summed E-state index contributed by atoms with van der Waals surface area (Å²) in [5, 5.41) is 8.86. The molecule has 1 fully saturated rings. The second kappa shape index (κ2) is 8.81. The van der Waals surface area contributed by atoms with E-state index in [-0.39, 0.29) is 17.7 Å². The minimum absolute atomic E-state index is 0.147. The molecule has 2 amide bonds. The molecule has 2 aromatic carbocycles. The fourth-order valence-corrected chi connectivity index (χ4v) is 4.03. The van der Waals surface area contributed by atoms with Gasteiger partial charge in [0.1, 0.15) is 5.75 Å².